The summed E-state index contributed by atoms with van der Waals surface area (Å²) in [7, 11) is 0. The number of aromatic nitrogens is 4. The quantitative estimate of drug-likeness (QED) is 0.574. The number of hydrogen-bond acceptors (Lipinski definition) is 4. The number of fused-ring (bicyclic) bond motifs is 1. The van der Waals surface area contributed by atoms with E-state index in [4.69, 9.17) is 11.6 Å². The standard InChI is InChI=1S/C17H12ClN5/c18-17-20-14-9-5-4-8-13(14)16(22-17)21-15-10-23(11-19-15)12-6-2-1-3-7-12/h1-11H,(H,20,21,22). The van der Waals surface area contributed by atoms with Crippen molar-refractivity contribution >= 4 is 34.1 Å². The van der Waals surface area contributed by atoms with Crippen molar-refractivity contribution in [2.75, 3.05) is 5.32 Å². The van der Waals surface area contributed by atoms with E-state index in [0.717, 1.165) is 16.6 Å². The second-order valence-corrected chi connectivity index (χ2v) is 5.32. The number of benzene rings is 2. The van der Waals surface area contributed by atoms with Gasteiger partial charge in [-0.1, -0.05) is 30.3 Å². The lowest BCUT2D eigenvalue weighted by molar-refractivity contribution is 1.06. The molecule has 0 saturated carbocycles. The minimum absolute atomic E-state index is 0.202. The van der Waals surface area contributed by atoms with Gasteiger partial charge in [-0.3, -0.25) is 0 Å². The fourth-order valence-electron chi connectivity index (χ4n) is 2.39. The Balaban J connectivity index is 1.70. The van der Waals surface area contributed by atoms with E-state index in [1.807, 2.05) is 65.4 Å². The molecule has 2 aromatic heterocycles. The molecule has 0 fully saturated rings. The van der Waals surface area contributed by atoms with Crippen LogP contribution in [0.15, 0.2) is 67.1 Å². The monoisotopic (exact) mass is 321 g/mol. The first-order valence-corrected chi connectivity index (χ1v) is 7.46. The summed E-state index contributed by atoms with van der Waals surface area (Å²) < 4.78 is 1.94. The van der Waals surface area contributed by atoms with Crippen LogP contribution in [0.5, 0.6) is 0 Å². The largest absolute Gasteiger partial charge is 0.323 e. The number of para-hydroxylation sites is 2. The Hall–Kier alpha value is -2.92. The maximum Gasteiger partial charge on any atom is 0.224 e. The summed E-state index contributed by atoms with van der Waals surface area (Å²) in [5, 5.41) is 4.31. The minimum Gasteiger partial charge on any atom is -0.323 e. The predicted octanol–water partition coefficient (Wildman–Crippen LogP) is 4.21. The van der Waals surface area contributed by atoms with Crippen LogP contribution in [0.25, 0.3) is 16.6 Å². The van der Waals surface area contributed by atoms with Gasteiger partial charge in [-0.05, 0) is 35.9 Å². The second kappa shape index (κ2) is 5.70. The van der Waals surface area contributed by atoms with Gasteiger partial charge in [0.1, 0.15) is 18.0 Å². The summed E-state index contributed by atoms with van der Waals surface area (Å²) in [5.41, 5.74) is 1.83. The van der Waals surface area contributed by atoms with Crippen LogP contribution in [0.1, 0.15) is 0 Å². The van der Waals surface area contributed by atoms with Gasteiger partial charge < -0.3 is 9.88 Å². The summed E-state index contributed by atoms with van der Waals surface area (Å²) in [6.45, 7) is 0. The van der Waals surface area contributed by atoms with E-state index in [1.165, 1.54) is 0 Å². The lowest BCUT2D eigenvalue weighted by atomic mass is 10.2. The van der Waals surface area contributed by atoms with Crippen molar-refractivity contribution in [2.24, 2.45) is 0 Å². The van der Waals surface area contributed by atoms with Crippen molar-refractivity contribution in [3.05, 3.63) is 72.4 Å². The van der Waals surface area contributed by atoms with Crippen molar-refractivity contribution in [2.45, 2.75) is 0 Å². The summed E-state index contributed by atoms with van der Waals surface area (Å²) in [5.74, 6) is 1.33. The van der Waals surface area contributed by atoms with Gasteiger partial charge in [-0.15, -0.1) is 0 Å². The number of nitrogens with one attached hydrogen (secondary N) is 1. The highest BCUT2D eigenvalue weighted by Crippen LogP contribution is 2.24. The summed E-state index contributed by atoms with van der Waals surface area (Å²) in [6.07, 6.45) is 3.66. The third kappa shape index (κ3) is 2.74. The van der Waals surface area contributed by atoms with Gasteiger partial charge in [0.05, 0.1) is 11.7 Å². The van der Waals surface area contributed by atoms with Gasteiger partial charge in [0.25, 0.3) is 0 Å². The van der Waals surface area contributed by atoms with Gasteiger partial charge in [0, 0.05) is 11.1 Å². The molecule has 0 unspecified atom stereocenters. The molecule has 0 bridgehead atoms. The highest BCUT2D eigenvalue weighted by Gasteiger charge is 2.08. The average molecular weight is 322 g/mol. The normalized spacial score (nSPS) is 10.8. The Bertz CT molecular complexity index is 965. The van der Waals surface area contributed by atoms with Crippen molar-refractivity contribution in [1.82, 2.24) is 19.5 Å². The van der Waals surface area contributed by atoms with E-state index < -0.39 is 0 Å². The molecule has 23 heavy (non-hydrogen) atoms. The van der Waals surface area contributed by atoms with Gasteiger partial charge in [0.2, 0.25) is 5.28 Å². The number of halogens is 1. The minimum atomic E-state index is 0.202. The smallest absolute Gasteiger partial charge is 0.224 e. The molecular formula is C17H12ClN5. The molecule has 0 radical (unpaired) electrons. The average Bonchev–Trinajstić information content (AvgIpc) is 3.04. The van der Waals surface area contributed by atoms with Gasteiger partial charge >= 0.3 is 0 Å². The Morgan fingerprint density at radius 2 is 1.70 bits per heavy atom. The molecule has 0 aliphatic carbocycles. The van der Waals surface area contributed by atoms with Gasteiger partial charge in [-0.25, -0.2) is 9.97 Å². The van der Waals surface area contributed by atoms with Crippen LogP contribution in [0.2, 0.25) is 5.28 Å². The number of anilines is 2. The summed E-state index contributed by atoms with van der Waals surface area (Å²) >= 11 is 6.00. The number of hydrogen-bond donors (Lipinski definition) is 1. The van der Waals surface area contributed by atoms with Gasteiger partial charge in [0.15, 0.2) is 0 Å². The Morgan fingerprint density at radius 1 is 0.913 bits per heavy atom. The van der Waals surface area contributed by atoms with E-state index in [1.54, 1.807) is 6.33 Å². The molecule has 0 aliphatic rings. The molecule has 0 spiro atoms. The third-order valence-corrected chi connectivity index (χ3v) is 3.63. The van der Waals surface area contributed by atoms with E-state index >= 15 is 0 Å². The number of rotatable bonds is 3. The Labute approximate surface area is 137 Å². The van der Waals surface area contributed by atoms with Crippen LogP contribution in [0.4, 0.5) is 11.6 Å². The third-order valence-electron chi connectivity index (χ3n) is 3.46. The highest BCUT2D eigenvalue weighted by atomic mass is 35.5. The molecule has 112 valence electrons. The highest BCUT2D eigenvalue weighted by molar-refractivity contribution is 6.28. The van der Waals surface area contributed by atoms with Crippen LogP contribution >= 0.6 is 11.6 Å². The second-order valence-electron chi connectivity index (χ2n) is 4.99. The maximum absolute atomic E-state index is 6.00. The maximum atomic E-state index is 6.00. The zero-order valence-electron chi connectivity index (χ0n) is 12.0. The molecule has 0 amide bonds. The summed E-state index contributed by atoms with van der Waals surface area (Å²) in [6, 6.07) is 17.7. The molecule has 2 heterocycles. The van der Waals surface area contributed by atoms with Crippen molar-refractivity contribution < 1.29 is 0 Å². The molecule has 1 N–H and O–H groups in total. The lowest BCUT2D eigenvalue weighted by Gasteiger charge is -2.06. The van der Waals surface area contributed by atoms with E-state index in [9.17, 15) is 0 Å². The molecule has 4 rings (SSSR count). The topological polar surface area (TPSA) is 55.6 Å². The van der Waals surface area contributed by atoms with E-state index in [0.29, 0.717) is 11.6 Å². The molecule has 0 aliphatic heterocycles. The van der Waals surface area contributed by atoms with Crippen LogP contribution in [0, 0.1) is 0 Å². The number of nitrogens with zero attached hydrogens (tertiary/aromatic N) is 4. The van der Waals surface area contributed by atoms with Crippen LogP contribution < -0.4 is 5.32 Å². The first-order chi connectivity index (χ1) is 11.3. The van der Waals surface area contributed by atoms with E-state index in [2.05, 4.69) is 20.3 Å². The molecule has 5 nitrogen and oxygen atoms in total. The van der Waals surface area contributed by atoms with Crippen LogP contribution in [-0.2, 0) is 0 Å². The van der Waals surface area contributed by atoms with Crippen molar-refractivity contribution in [1.29, 1.82) is 0 Å². The zero-order chi connectivity index (χ0) is 15.6. The molecule has 6 heteroatoms. The SMILES string of the molecule is Clc1nc(Nc2cn(-c3ccccc3)cn2)c2ccccc2n1. The molecular weight excluding hydrogens is 310 g/mol. The molecule has 2 aromatic carbocycles. The lowest BCUT2D eigenvalue weighted by Crippen LogP contribution is -1.97. The molecule has 4 aromatic rings. The van der Waals surface area contributed by atoms with E-state index in [-0.39, 0.29) is 5.28 Å². The summed E-state index contributed by atoms with van der Waals surface area (Å²) in [4.78, 5) is 12.9. The van der Waals surface area contributed by atoms with Crippen LogP contribution in [-0.4, -0.2) is 19.5 Å². The molecule has 0 atom stereocenters. The van der Waals surface area contributed by atoms with Crippen molar-refractivity contribution in [3.63, 3.8) is 0 Å². The Kier molecular flexibility index (Phi) is 3.40. The first kappa shape index (κ1) is 13.7. The number of imidazole rings is 1. The van der Waals surface area contributed by atoms with Gasteiger partial charge in [-0.2, -0.15) is 4.98 Å². The fraction of sp³-hybridized carbons (Fsp3) is 0. The Morgan fingerprint density at radius 3 is 2.57 bits per heavy atom. The van der Waals surface area contributed by atoms with Crippen molar-refractivity contribution in [3.8, 4) is 5.69 Å². The zero-order valence-corrected chi connectivity index (χ0v) is 12.8. The fourth-order valence-corrected chi connectivity index (χ4v) is 2.57. The first-order valence-electron chi connectivity index (χ1n) is 7.08. The molecule has 0 saturated heterocycles. The van der Waals surface area contributed by atoms with Crippen LogP contribution in [0.3, 0.4) is 0 Å². The predicted molar refractivity (Wildman–Crippen MR) is 91.4 cm³/mol.